The van der Waals surface area contributed by atoms with E-state index in [4.69, 9.17) is 4.11 Å². The summed E-state index contributed by atoms with van der Waals surface area (Å²) in [6, 6.07) is 5.78. The Morgan fingerprint density at radius 2 is 2.29 bits per heavy atom. The van der Waals surface area contributed by atoms with Crippen LogP contribution < -0.4 is 4.57 Å². The minimum atomic E-state index is -2.30. The highest BCUT2D eigenvalue weighted by molar-refractivity contribution is 6.03. The number of nitrogens with zero attached hydrogens (tertiary/aromatic N) is 5. The van der Waals surface area contributed by atoms with Crippen molar-refractivity contribution in [2.75, 3.05) is 0 Å². The summed E-state index contributed by atoms with van der Waals surface area (Å²) >= 11 is 0. The number of imidazole rings is 1. The standard InChI is InChI=1S/C16H14N5/c1-19-14-11(4-3-6-18-14)13-16(19)20(2)15-12-8-17-7-5-10(12)9-21(13)15/h3-8H,9H2,1-2H3/q+1/i1D3. The van der Waals surface area contributed by atoms with Gasteiger partial charge in [0.05, 0.1) is 35.6 Å². The van der Waals surface area contributed by atoms with Crippen LogP contribution in [0.3, 0.4) is 0 Å². The fourth-order valence-corrected chi connectivity index (χ4v) is 3.46. The number of pyridine rings is 2. The second-order valence-electron chi connectivity index (χ2n) is 5.38. The molecule has 4 aromatic heterocycles. The Morgan fingerprint density at radius 3 is 3.19 bits per heavy atom. The molecule has 0 aromatic carbocycles. The monoisotopic (exact) mass is 279 g/mol. The van der Waals surface area contributed by atoms with Gasteiger partial charge in [-0.15, -0.1) is 0 Å². The molecule has 0 unspecified atom stereocenters. The first kappa shape index (κ1) is 8.56. The molecule has 5 heterocycles. The van der Waals surface area contributed by atoms with Crippen LogP contribution >= 0.6 is 0 Å². The fraction of sp³-hybridized carbons (Fsp3) is 0.188. The zero-order chi connectivity index (χ0) is 16.6. The van der Waals surface area contributed by atoms with Gasteiger partial charge in [-0.05, 0) is 18.2 Å². The molecule has 0 aliphatic carbocycles. The van der Waals surface area contributed by atoms with Gasteiger partial charge < -0.3 is 0 Å². The van der Waals surface area contributed by atoms with Crippen LogP contribution in [-0.4, -0.2) is 19.1 Å². The van der Waals surface area contributed by atoms with Gasteiger partial charge >= 0.3 is 0 Å². The van der Waals surface area contributed by atoms with Crippen LogP contribution in [0.25, 0.3) is 33.6 Å². The summed E-state index contributed by atoms with van der Waals surface area (Å²) in [6.07, 6.45) is 5.26. The normalized spacial score (nSPS) is 15.8. The highest BCUT2D eigenvalue weighted by Crippen LogP contribution is 2.35. The Labute approximate surface area is 125 Å². The van der Waals surface area contributed by atoms with Crippen molar-refractivity contribution in [3.63, 3.8) is 0 Å². The maximum absolute atomic E-state index is 7.97. The van der Waals surface area contributed by atoms with Crippen LogP contribution in [0.2, 0.25) is 0 Å². The zero-order valence-corrected chi connectivity index (χ0v) is 11.4. The van der Waals surface area contributed by atoms with Crippen LogP contribution in [0.4, 0.5) is 0 Å². The third-order valence-corrected chi connectivity index (χ3v) is 4.32. The van der Waals surface area contributed by atoms with Crippen LogP contribution in [0.1, 0.15) is 9.68 Å². The molecule has 102 valence electrons. The molecule has 0 saturated heterocycles. The molecule has 5 nitrogen and oxygen atoms in total. The predicted molar refractivity (Wildman–Crippen MR) is 79.7 cm³/mol. The van der Waals surface area contributed by atoms with E-state index in [0.29, 0.717) is 17.8 Å². The summed E-state index contributed by atoms with van der Waals surface area (Å²) in [5.41, 5.74) is 4.29. The van der Waals surface area contributed by atoms with E-state index in [1.807, 2.05) is 36.0 Å². The smallest absolute Gasteiger partial charge is 0.264 e. The van der Waals surface area contributed by atoms with E-state index in [1.54, 1.807) is 12.4 Å². The Bertz CT molecular complexity index is 1140. The fourth-order valence-electron chi connectivity index (χ4n) is 3.46. The first-order chi connectivity index (χ1) is 11.5. The van der Waals surface area contributed by atoms with Crippen molar-refractivity contribution in [1.82, 2.24) is 19.1 Å². The summed E-state index contributed by atoms with van der Waals surface area (Å²) in [5.74, 6) is 0.979. The van der Waals surface area contributed by atoms with Crippen molar-refractivity contribution in [3.05, 3.63) is 42.4 Å². The zero-order valence-electron chi connectivity index (χ0n) is 14.4. The lowest BCUT2D eigenvalue weighted by molar-refractivity contribution is -0.636. The Morgan fingerprint density at radius 1 is 1.33 bits per heavy atom. The van der Waals surface area contributed by atoms with Crippen molar-refractivity contribution in [2.24, 2.45) is 14.0 Å². The van der Waals surface area contributed by atoms with Crippen molar-refractivity contribution < 1.29 is 8.68 Å². The molecule has 4 aromatic rings. The second-order valence-corrected chi connectivity index (χ2v) is 5.38. The largest absolute Gasteiger partial charge is 0.270 e. The van der Waals surface area contributed by atoms with E-state index in [1.165, 1.54) is 10.1 Å². The predicted octanol–water partition coefficient (Wildman–Crippen LogP) is 1.78. The summed E-state index contributed by atoms with van der Waals surface area (Å²) in [4.78, 5) is 8.56. The van der Waals surface area contributed by atoms with Crippen LogP contribution in [0.15, 0.2) is 36.8 Å². The topological polar surface area (TPSA) is 39.5 Å². The highest BCUT2D eigenvalue weighted by atomic mass is 15.2. The van der Waals surface area contributed by atoms with E-state index in [2.05, 4.69) is 14.5 Å². The SMILES string of the molecule is [2H]C([2H])([2H])n1c2ncccc2c2c1[n+](C)c1n2Cc2ccncc2-1. The lowest BCUT2D eigenvalue weighted by Gasteiger charge is -1.97. The Hall–Kier alpha value is -2.69. The van der Waals surface area contributed by atoms with Gasteiger partial charge in [-0.25, -0.2) is 18.7 Å². The summed E-state index contributed by atoms with van der Waals surface area (Å²) in [7, 11) is 1.90. The molecule has 0 amide bonds. The number of hydrogen-bond acceptors (Lipinski definition) is 2. The molecule has 0 radical (unpaired) electrons. The first-order valence-corrected chi connectivity index (χ1v) is 6.80. The van der Waals surface area contributed by atoms with Gasteiger partial charge in [-0.2, -0.15) is 0 Å². The quantitative estimate of drug-likeness (QED) is 0.405. The van der Waals surface area contributed by atoms with Crippen LogP contribution in [0, 0.1) is 0 Å². The van der Waals surface area contributed by atoms with Crippen molar-refractivity contribution >= 4 is 22.2 Å². The third-order valence-electron chi connectivity index (χ3n) is 4.32. The third kappa shape index (κ3) is 1.15. The van der Waals surface area contributed by atoms with Crippen LogP contribution in [0.5, 0.6) is 0 Å². The molecule has 21 heavy (non-hydrogen) atoms. The molecule has 5 rings (SSSR count). The Kier molecular flexibility index (Phi) is 1.42. The number of aryl methyl sites for hydroxylation is 2. The molecule has 1 aliphatic heterocycles. The minimum absolute atomic E-state index is 0.488. The maximum atomic E-state index is 7.97. The van der Waals surface area contributed by atoms with Gasteiger partial charge in [0, 0.05) is 24.2 Å². The molecule has 0 bridgehead atoms. The van der Waals surface area contributed by atoms with E-state index in [9.17, 15) is 0 Å². The lowest BCUT2D eigenvalue weighted by Crippen LogP contribution is -2.31. The second kappa shape index (κ2) is 3.49. The van der Waals surface area contributed by atoms with Gasteiger partial charge in [0.1, 0.15) is 0 Å². The lowest BCUT2D eigenvalue weighted by atomic mass is 10.2. The number of aromatic nitrogens is 5. The minimum Gasteiger partial charge on any atom is -0.264 e. The summed E-state index contributed by atoms with van der Waals surface area (Å²) < 4.78 is 29.4. The van der Waals surface area contributed by atoms with E-state index in [0.717, 1.165) is 22.3 Å². The van der Waals surface area contributed by atoms with Gasteiger partial charge in [0.15, 0.2) is 5.52 Å². The average Bonchev–Trinajstić information content (AvgIpc) is 3.15. The molecule has 0 spiro atoms. The number of hydrogen-bond donors (Lipinski definition) is 0. The average molecular weight is 279 g/mol. The van der Waals surface area contributed by atoms with Crippen LogP contribution in [-0.2, 0) is 20.6 Å². The molecule has 0 N–H and O–H groups in total. The molecule has 0 saturated carbocycles. The Balaban J connectivity index is 2.02. The van der Waals surface area contributed by atoms with Gasteiger partial charge in [-0.3, -0.25) is 4.98 Å². The molecular weight excluding hydrogens is 262 g/mol. The number of fused-ring (bicyclic) bond motifs is 7. The molecule has 5 heteroatoms. The van der Waals surface area contributed by atoms with Gasteiger partial charge in [-0.1, -0.05) is 0 Å². The van der Waals surface area contributed by atoms with E-state index in [-0.39, 0.29) is 0 Å². The van der Waals surface area contributed by atoms with E-state index >= 15 is 0 Å². The molecule has 0 fully saturated rings. The van der Waals surface area contributed by atoms with Gasteiger partial charge in [0.2, 0.25) is 11.5 Å². The molecule has 1 aliphatic rings. The van der Waals surface area contributed by atoms with Gasteiger partial charge in [0.25, 0.3) is 5.65 Å². The highest BCUT2D eigenvalue weighted by Gasteiger charge is 2.34. The molecular formula is C16H14N5+. The maximum Gasteiger partial charge on any atom is 0.270 e. The van der Waals surface area contributed by atoms with E-state index < -0.39 is 6.98 Å². The van der Waals surface area contributed by atoms with Crippen molar-refractivity contribution in [3.8, 4) is 11.4 Å². The van der Waals surface area contributed by atoms with Crippen molar-refractivity contribution in [1.29, 1.82) is 0 Å². The summed E-state index contributed by atoms with van der Waals surface area (Å²) in [5, 5.41) is 0.853. The first-order valence-electron chi connectivity index (χ1n) is 8.30. The molecule has 0 atom stereocenters. The van der Waals surface area contributed by atoms with Crippen molar-refractivity contribution in [2.45, 2.75) is 6.54 Å². The summed E-state index contributed by atoms with van der Waals surface area (Å²) in [6.45, 7) is -1.59. The number of rotatable bonds is 0.